The summed E-state index contributed by atoms with van der Waals surface area (Å²) in [6.07, 6.45) is 1.30. The smallest absolute Gasteiger partial charge is 0.269 e. The van der Waals surface area contributed by atoms with Crippen molar-refractivity contribution in [1.82, 2.24) is 0 Å². The van der Waals surface area contributed by atoms with Gasteiger partial charge in [0.25, 0.3) is 5.69 Å². The van der Waals surface area contributed by atoms with Crippen molar-refractivity contribution in [1.29, 1.82) is 0 Å². The molecule has 4 heteroatoms. The van der Waals surface area contributed by atoms with E-state index in [1.807, 2.05) is 6.92 Å². The molecule has 0 spiro atoms. The highest BCUT2D eigenvalue weighted by Gasteiger charge is 2.08. The van der Waals surface area contributed by atoms with Crippen LogP contribution in [0, 0.1) is 10.1 Å². The number of rotatable bonds is 4. The number of non-ortho nitro benzene ring substituents is 1. The van der Waals surface area contributed by atoms with Crippen LogP contribution in [0.3, 0.4) is 0 Å². The third kappa shape index (κ3) is 2.39. The molecule has 1 rings (SSSR count). The first-order valence-electron chi connectivity index (χ1n) is 4.33. The number of aldehydes is 1. The Labute approximate surface area is 81.7 Å². The monoisotopic (exact) mass is 193 g/mol. The standard InChI is InChI=1S/C10H11NO3/c1-8(6-7-12)9-2-4-10(5-3-9)11(13)14/h2-5,7-8H,6H2,1H3/t8-/m0/s1. The first-order valence-corrected chi connectivity index (χ1v) is 4.33. The van der Waals surface area contributed by atoms with Crippen LogP contribution in [0.5, 0.6) is 0 Å². The predicted octanol–water partition coefficient (Wildman–Crippen LogP) is 2.29. The Hall–Kier alpha value is -1.71. The van der Waals surface area contributed by atoms with E-state index < -0.39 is 4.92 Å². The van der Waals surface area contributed by atoms with Gasteiger partial charge >= 0.3 is 0 Å². The largest absolute Gasteiger partial charge is 0.303 e. The lowest BCUT2D eigenvalue weighted by Crippen LogP contribution is -1.95. The Morgan fingerprint density at radius 1 is 1.43 bits per heavy atom. The molecule has 0 aliphatic carbocycles. The number of nitrogens with zero attached hydrogens (tertiary/aromatic N) is 1. The van der Waals surface area contributed by atoms with E-state index in [1.54, 1.807) is 12.1 Å². The minimum absolute atomic E-state index is 0.0760. The van der Waals surface area contributed by atoms with Gasteiger partial charge in [0, 0.05) is 18.6 Å². The molecule has 0 radical (unpaired) electrons. The van der Waals surface area contributed by atoms with Crippen molar-refractivity contribution in [3.8, 4) is 0 Å². The van der Waals surface area contributed by atoms with Crippen LogP contribution in [-0.4, -0.2) is 11.2 Å². The maximum absolute atomic E-state index is 10.4. The first kappa shape index (κ1) is 10.4. The fourth-order valence-corrected chi connectivity index (χ4v) is 1.20. The van der Waals surface area contributed by atoms with Gasteiger partial charge in [-0.1, -0.05) is 19.1 Å². The first-order chi connectivity index (χ1) is 6.65. The summed E-state index contributed by atoms with van der Waals surface area (Å²) in [6.45, 7) is 1.91. The Morgan fingerprint density at radius 3 is 2.43 bits per heavy atom. The van der Waals surface area contributed by atoms with Crippen molar-refractivity contribution < 1.29 is 9.72 Å². The molecule has 0 fully saturated rings. The molecule has 0 unspecified atom stereocenters. The summed E-state index contributed by atoms with van der Waals surface area (Å²) < 4.78 is 0. The molecule has 1 aromatic carbocycles. The topological polar surface area (TPSA) is 60.2 Å². The van der Waals surface area contributed by atoms with Crippen molar-refractivity contribution in [2.45, 2.75) is 19.3 Å². The Balaban J connectivity index is 2.82. The molecule has 0 N–H and O–H groups in total. The van der Waals surface area contributed by atoms with E-state index in [-0.39, 0.29) is 11.6 Å². The van der Waals surface area contributed by atoms with Gasteiger partial charge in [-0.05, 0) is 11.5 Å². The average Bonchev–Trinajstić information content (AvgIpc) is 2.18. The predicted molar refractivity (Wildman–Crippen MR) is 52.2 cm³/mol. The maximum atomic E-state index is 10.4. The van der Waals surface area contributed by atoms with Crippen molar-refractivity contribution in [2.24, 2.45) is 0 Å². The van der Waals surface area contributed by atoms with Crippen molar-refractivity contribution >= 4 is 12.0 Å². The van der Waals surface area contributed by atoms with Gasteiger partial charge in [-0.3, -0.25) is 10.1 Å². The quantitative estimate of drug-likeness (QED) is 0.418. The summed E-state index contributed by atoms with van der Waals surface area (Å²) >= 11 is 0. The van der Waals surface area contributed by atoms with E-state index in [2.05, 4.69) is 0 Å². The third-order valence-electron chi connectivity index (χ3n) is 2.12. The van der Waals surface area contributed by atoms with Crippen molar-refractivity contribution in [2.75, 3.05) is 0 Å². The lowest BCUT2D eigenvalue weighted by Gasteiger charge is -2.06. The van der Waals surface area contributed by atoms with Crippen LogP contribution in [0.2, 0.25) is 0 Å². The van der Waals surface area contributed by atoms with Gasteiger partial charge in [-0.2, -0.15) is 0 Å². The van der Waals surface area contributed by atoms with E-state index in [1.165, 1.54) is 12.1 Å². The van der Waals surface area contributed by atoms with Crippen LogP contribution in [0.4, 0.5) is 5.69 Å². The van der Waals surface area contributed by atoms with Gasteiger partial charge < -0.3 is 4.79 Å². The molecule has 74 valence electrons. The minimum Gasteiger partial charge on any atom is -0.303 e. The normalized spacial score (nSPS) is 12.1. The highest BCUT2D eigenvalue weighted by Crippen LogP contribution is 2.20. The minimum atomic E-state index is -0.436. The van der Waals surface area contributed by atoms with Gasteiger partial charge in [-0.25, -0.2) is 0 Å². The average molecular weight is 193 g/mol. The van der Waals surface area contributed by atoms with Crippen LogP contribution in [0.15, 0.2) is 24.3 Å². The Kier molecular flexibility index (Phi) is 3.34. The number of nitro groups is 1. The van der Waals surface area contributed by atoms with Gasteiger partial charge in [0.15, 0.2) is 0 Å². The summed E-state index contributed by atoms with van der Waals surface area (Å²) in [7, 11) is 0. The summed E-state index contributed by atoms with van der Waals surface area (Å²) in [5.41, 5.74) is 1.02. The molecule has 0 amide bonds. The number of nitro benzene ring substituents is 1. The molecule has 1 atom stereocenters. The van der Waals surface area contributed by atoms with E-state index in [0.717, 1.165) is 11.8 Å². The SMILES string of the molecule is C[C@@H](CC=O)c1ccc([N+](=O)[O-])cc1. The summed E-state index contributed by atoms with van der Waals surface area (Å²) in [4.78, 5) is 20.2. The zero-order valence-corrected chi connectivity index (χ0v) is 7.84. The van der Waals surface area contributed by atoms with Crippen LogP contribution >= 0.6 is 0 Å². The highest BCUT2D eigenvalue weighted by molar-refractivity contribution is 5.51. The number of carbonyl (C=O) groups is 1. The second-order valence-corrected chi connectivity index (χ2v) is 3.15. The highest BCUT2D eigenvalue weighted by atomic mass is 16.6. The maximum Gasteiger partial charge on any atom is 0.269 e. The van der Waals surface area contributed by atoms with Crippen LogP contribution < -0.4 is 0 Å². The Morgan fingerprint density at radius 2 is 2.00 bits per heavy atom. The number of hydrogen-bond acceptors (Lipinski definition) is 3. The van der Waals surface area contributed by atoms with Crippen molar-refractivity contribution in [3.05, 3.63) is 39.9 Å². The second-order valence-electron chi connectivity index (χ2n) is 3.15. The van der Waals surface area contributed by atoms with Crippen LogP contribution in [-0.2, 0) is 4.79 Å². The fourth-order valence-electron chi connectivity index (χ4n) is 1.20. The van der Waals surface area contributed by atoms with E-state index >= 15 is 0 Å². The van der Waals surface area contributed by atoms with Gasteiger partial charge in [0.1, 0.15) is 6.29 Å². The van der Waals surface area contributed by atoms with E-state index in [9.17, 15) is 14.9 Å². The van der Waals surface area contributed by atoms with Crippen LogP contribution in [0.1, 0.15) is 24.8 Å². The summed E-state index contributed by atoms with van der Waals surface area (Å²) in [6, 6.07) is 6.28. The molecular weight excluding hydrogens is 182 g/mol. The third-order valence-corrected chi connectivity index (χ3v) is 2.12. The summed E-state index contributed by atoms with van der Waals surface area (Å²) in [5, 5.41) is 10.4. The van der Waals surface area contributed by atoms with Gasteiger partial charge in [0.2, 0.25) is 0 Å². The molecular formula is C10H11NO3. The molecule has 14 heavy (non-hydrogen) atoms. The van der Waals surface area contributed by atoms with Gasteiger partial charge in [0.05, 0.1) is 4.92 Å². The number of carbonyl (C=O) groups excluding carboxylic acids is 1. The molecule has 0 bridgehead atoms. The molecule has 0 heterocycles. The second kappa shape index (κ2) is 4.50. The number of benzene rings is 1. The Bertz CT molecular complexity index is 332. The zero-order chi connectivity index (χ0) is 10.6. The lowest BCUT2D eigenvalue weighted by molar-refractivity contribution is -0.384. The molecule has 0 saturated carbocycles. The van der Waals surface area contributed by atoms with E-state index in [4.69, 9.17) is 0 Å². The van der Waals surface area contributed by atoms with Gasteiger partial charge in [-0.15, -0.1) is 0 Å². The number of hydrogen-bond donors (Lipinski definition) is 0. The van der Waals surface area contributed by atoms with Crippen molar-refractivity contribution in [3.63, 3.8) is 0 Å². The zero-order valence-electron chi connectivity index (χ0n) is 7.84. The molecule has 0 saturated heterocycles. The molecule has 1 aromatic rings. The van der Waals surface area contributed by atoms with E-state index in [0.29, 0.717) is 6.42 Å². The van der Waals surface area contributed by atoms with Crippen LogP contribution in [0.25, 0.3) is 0 Å². The fraction of sp³-hybridized carbons (Fsp3) is 0.300. The molecule has 0 aliphatic heterocycles. The lowest BCUT2D eigenvalue weighted by atomic mass is 9.98. The molecule has 0 aliphatic rings. The molecule has 0 aromatic heterocycles. The molecule has 4 nitrogen and oxygen atoms in total. The summed E-state index contributed by atoms with van der Waals surface area (Å²) in [5.74, 6) is 0.119.